The summed E-state index contributed by atoms with van der Waals surface area (Å²) in [5.74, 6) is 2.49. The Kier molecular flexibility index (Phi) is 5.90. The van der Waals surface area contributed by atoms with Crippen LogP contribution in [-0.4, -0.2) is 52.7 Å². The van der Waals surface area contributed by atoms with Crippen LogP contribution in [0.5, 0.6) is 0 Å². The first-order valence-corrected chi connectivity index (χ1v) is 12.1. The van der Waals surface area contributed by atoms with Gasteiger partial charge in [0.25, 0.3) is 0 Å². The number of nitrogens with one attached hydrogen (secondary N) is 2. The highest BCUT2D eigenvalue weighted by molar-refractivity contribution is 6.02. The number of pyridine rings is 2. The summed E-state index contributed by atoms with van der Waals surface area (Å²) in [5, 5.41) is 7.95. The van der Waals surface area contributed by atoms with Crippen molar-refractivity contribution in [2.45, 2.75) is 6.42 Å². The zero-order valence-electron chi connectivity index (χ0n) is 19.5. The Morgan fingerprint density at radius 3 is 2.66 bits per heavy atom. The average molecular weight is 462 g/mol. The molecule has 0 radical (unpaired) electrons. The molecule has 1 aliphatic heterocycles. The molecule has 1 aromatic carbocycles. The van der Waals surface area contributed by atoms with Crippen LogP contribution in [0.4, 0.5) is 11.6 Å². The van der Waals surface area contributed by atoms with Gasteiger partial charge in [0.05, 0.1) is 17.1 Å². The van der Waals surface area contributed by atoms with Crippen molar-refractivity contribution in [3.63, 3.8) is 0 Å². The molecule has 4 heterocycles. The highest BCUT2D eigenvalue weighted by Gasteiger charge is 2.21. The van der Waals surface area contributed by atoms with E-state index in [4.69, 9.17) is 9.97 Å². The second-order valence-corrected chi connectivity index (χ2v) is 8.76. The van der Waals surface area contributed by atoms with E-state index in [0.29, 0.717) is 5.82 Å². The summed E-state index contributed by atoms with van der Waals surface area (Å²) in [6.07, 6.45) is 12.8. The van der Waals surface area contributed by atoms with Crippen molar-refractivity contribution in [1.82, 2.24) is 25.3 Å². The van der Waals surface area contributed by atoms with Crippen molar-refractivity contribution in [3.05, 3.63) is 90.4 Å². The van der Waals surface area contributed by atoms with Crippen LogP contribution in [0, 0.1) is 0 Å². The molecule has 1 fully saturated rings. The highest BCUT2D eigenvalue weighted by atomic mass is 15.2. The normalized spacial score (nSPS) is 15.1. The summed E-state index contributed by atoms with van der Waals surface area (Å²) in [5.41, 5.74) is 5.36. The van der Waals surface area contributed by atoms with Gasteiger partial charge in [-0.05, 0) is 29.7 Å². The minimum Gasteiger partial charge on any atom is -0.370 e. The first-order valence-electron chi connectivity index (χ1n) is 12.1. The van der Waals surface area contributed by atoms with E-state index >= 15 is 0 Å². The van der Waals surface area contributed by atoms with Gasteiger partial charge >= 0.3 is 0 Å². The van der Waals surface area contributed by atoms with E-state index in [2.05, 4.69) is 68.0 Å². The van der Waals surface area contributed by atoms with Gasteiger partial charge in [-0.15, -0.1) is 0 Å². The van der Waals surface area contributed by atoms with E-state index in [0.717, 1.165) is 72.8 Å². The van der Waals surface area contributed by atoms with Gasteiger partial charge in [-0.1, -0.05) is 48.6 Å². The molecule has 7 heteroatoms. The molecule has 0 atom stereocenters. The summed E-state index contributed by atoms with van der Waals surface area (Å²) < 4.78 is 0. The van der Waals surface area contributed by atoms with Crippen LogP contribution in [0.15, 0.2) is 79.3 Å². The SMILES string of the molecule is C1=CC(c2cncc3nc(-c4ccnc(NCCc5ccccc5)c4)nc(N4CCNCC4)c23)=C1. The largest absolute Gasteiger partial charge is 0.370 e. The van der Waals surface area contributed by atoms with Gasteiger partial charge in [0, 0.05) is 56.2 Å². The van der Waals surface area contributed by atoms with Crippen molar-refractivity contribution in [2.24, 2.45) is 0 Å². The van der Waals surface area contributed by atoms with E-state index in [1.807, 2.05) is 36.8 Å². The molecular formula is C28H27N7. The predicted octanol–water partition coefficient (Wildman–Crippen LogP) is 4.10. The average Bonchev–Trinajstić information content (AvgIpc) is 2.88. The molecule has 174 valence electrons. The number of allylic oxidation sites excluding steroid dienone is 4. The van der Waals surface area contributed by atoms with Crippen molar-refractivity contribution in [2.75, 3.05) is 42.9 Å². The molecule has 1 saturated heterocycles. The maximum atomic E-state index is 5.12. The van der Waals surface area contributed by atoms with Crippen LogP contribution in [0.1, 0.15) is 11.1 Å². The fourth-order valence-electron chi connectivity index (χ4n) is 4.54. The standard InChI is InChI=1S/C28H27N7/c1-2-5-20(6-3-1)9-11-31-25-17-22(10-12-32-25)27-33-24-19-30-18-23(21-7-4-8-21)26(24)28(34-27)35-15-13-29-14-16-35/h1-8,10,12,17-19,29H,9,11,13-16H2,(H,31,32). The Hall–Kier alpha value is -4.10. The fraction of sp³-hybridized carbons (Fsp3) is 0.214. The van der Waals surface area contributed by atoms with Gasteiger partial charge in [-0.25, -0.2) is 15.0 Å². The molecule has 2 aliphatic rings. The Labute approximate surface area is 204 Å². The Morgan fingerprint density at radius 1 is 1.00 bits per heavy atom. The minimum atomic E-state index is 0.691. The number of nitrogens with zero attached hydrogens (tertiary/aromatic N) is 5. The van der Waals surface area contributed by atoms with Crippen LogP contribution in [0.2, 0.25) is 0 Å². The van der Waals surface area contributed by atoms with Gasteiger partial charge in [0.15, 0.2) is 5.82 Å². The van der Waals surface area contributed by atoms with Crippen molar-refractivity contribution in [1.29, 1.82) is 0 Å². The second-order valence-electron chi connectivity index (χ2n) is 8.76. The summed E-state index contributed by atoms with van der Waals surface area (Å²) in [6, 6.07) is 14.5. The smallest absolute Gasteiger partial charge is 0.162 e. The number of piperazine rings is 1. The van der Waals surface area contributed by atoms with E-state index < -0.39 is 0 Å². The predicted molar refractivity (Wildman–Crippen MR) is 141 cm³/mol. The summed E-state index contributed by atoms with van der Waals surface area (Å²) in [7, 11) is 0. The molecule has 0 spiro atoms. The number of hydrogen-bond acceptors (Lipinski definition) is 7. The molecule has 2 N–H and O–H groups in total. The monoisotopic (exact) mass is 461 g/mol. The lowest BCUT2D eigenvalue weighted by atomic mass is 9.97. The fourth-order valence-corrected chi connectivity index (χ4v) is 4.54. The number of aromatic nitrogens is 4. The third-order valence-corrected chi connectivity index (χ3v) is 6.45. The summed E-state index contributed by atoms with van der Waals surface area (Å²) in [6.45, 7) is 4.50. The number of rotatable bonds is 7. The van der Waals surface area contributed by atoms with Crippen LogP contribution < -0.4 is 15.5 Å². The molecule has 6 rings (SSSR count). The van der Waals surface area contributed by atoms with Crippen LogP contribution in [0.25, 0.3) is 27.9 Å². The molecule has 0 saturated carbocycles. The number of benzene rings is 1. The summed E-state index contributed by atoms with van der Waals surface area (Å²) >= 11 is 0. The van der Waals surface area contributed by atoms with E-state index in [1.165, 1.54) is 11.1 Å². The third kappa shape index (κ3) is 4.50. The topological polar surface area (TPSA) is 78.9 Å². The Morgan fingerprint density at radius 2 is 1.86 bits per heavy atom. The van der Waals surface area contributed by atoms with Crippen molar-refractivity contribution in [3.8, 4) is 11.4 Å². The number of hydrogen-bond donors (Lipinski definition) is 2. The highest BCUT2D eigenvalue weighted by Crippen LogP contribution is 2.35. The molecule has 0 unspecified atom stereocenters. The lowest BCUT2D eigenvalue weighted by molar-refractivity contribution is 0.586. The minimum absolute atomic E-state index is 0.691. The quantitative estimate of drug-likeness (QED) is 0.429. The Balaban J connectivity index is 1.34. The first kappa shape index (κ1) is 21.4. The summed E-state index contributed by atoms with van der Waals surface area (Å²) in [4.78, 5) is 21.4. The molecule has 0 bridgehead atoms. The molecule has 7 nitrogen and oxygen atoms in total. The van der Waals surface area contributed by atoms with Gasteiger partial charge in [0.1, 0.15) is 11.6 Å². The van der Waals surface area contributed by atoms with Gasteiger partial charge in [-0.3, -0.25) is 4.98 Å². The lowest BCUT2D eigenvalue weighted by Crippen LogP contribution is -2.44. The van der Waals surface area contributed by atoms with Gasteiger partial charge < -0.3 is 15.5 Å². The third-order valence-electron chi connectivity index (χ3n) is 6.45. The maximum absolute atomic E-state index is 5.12. The number of anilines is 2. The lowest BCUT2D eigenvalue weighted by Gasteiger charge is -2.30. The number of fused-ring (bicyclic) bond motifs is 1. The zero-order chi connectivity index (χ0) is 23.5. The van der Waals surface area contributed by atoms with E-state index in [9.17, 15) is 0 Å². The molecule has 3 aromatic heterocycles. The second kappa shape index (κ2) is 9.64. The van der Waals surface area contributed by atoms with Crippen LogP contribution >= 0.6 is 0 Å². The maximum Gasteiger partial charge on any atom is 0.162 e. The molecule has 4 aromatic rings. The zero-order valence-corrected chi connectivity index (χ0v) is 19.5. The molecular weight excluding hydrogens is 434 g/mol. The van der Waals surface area contributed by atoms with Crippen LogP contribution in [0.3, 0.4) is 0 Å². The van der Waals surface area contributed by atoms with Gasteiger partial charge in [0.2, 0.25) is 0 Å². The molecule has 1 aliphatic carbocycles. The van der Waals surface area contributed by atoms with E-state index in [-0.39, 0.29) is 0 Å². The van der Waals surface area contributed by atoms with Crippen molar-refractivity contribution < 1.29 is 0 Å². The first-order chi connectivity index (χ1) is 17.3. The molecule has 35 heavy (non-hydrogen) atoms. The Bertz CT molecular complexity index is 1410. The molecule has 0 amide bonds. The van der Waals surface area contributed by atoms with Crippen molar-refractivity contribution >= 4 is 28.1 Å². The van der Waals surface area contributed by atoms with Gasteiger partial charge in [-0.2, -0.15) is 0 Å². The van der Waals surface area contributed by atoms with Crippen LogP contribution in [-0.2, 0) is 6.42 Å². The van der Waals surface area contributed by atoms with E-state index in [1.54, 1.807) is 0 Å².